The highest BCUT2D eigenvalue weighted by molar-refractivity contribution is 6.33. The van der Waals surface area contributed by atoms with Gasteiger partial charge in [-0.2, -0.15) is 0 Å². The maximum Gasteiger partial charge on any atom is 0.405 e. The Bertz CT molecular complexity index is 999. The number of ether oxygens (including phenoxy) is 1. The number of benzene rings is 2. The molecule has 1 unspecified atom stereocenters. The second kappa shape index (κ2) is 13.6. The number of hydrogen-bond acceptors (Lipinski definition) is 5. The van der Waals surface area contributed by atoms with Crippen LogP contribution in [0.1, 0.15) is 41.2 Å². The molecule has 2 amide bonds. The van der Waals surface area contributed by atoms with Crippen molar-refractivity contribution in [3.63, 3.8) is 0 Å². The maximum absolute atomic E-state index is 12.7. The molecule has 35 heavy (non-hydrogen) atoms. The van der Waals surface area contributed by atoms with Gasteiger partial charge in [0.2, 0.25) is 0 Å². The summed E-state index contributed by atoms with van der Waals surface area (Å²) in [5.41, 5.74) is 7.40. The fraction of sp³-hybridized carbons (Fsp3) is 0.417. The number of carboxylic acid groups (broad SMARTS) is 1. The molecular formula is C24H31Cl3N4O4. The minimum atomic E-state index is -1.05. The van der Waals surface area contributed by atoms with Crippen LogP contribution in [0.25, 0.3) is 0 Å². The largest absolute Gasteiger partial charge is 0.496 e. The zero-order valence-corrected chi connectivity index (χ0v) is 21.8. The van der Waals surface area contributed by atoms with Crippen LogP contribution in [0.5, 0.6) is 5.75 Å². The molecule has 192 valence electrons. The molecule has 0 aliphatic carbocycles. The van der Waals surface area contributed by atoms with Gasteiger partial charge in [0, 0.05) is 24.2 Å². The van der Waals surface area contributed by atoms with Gasteiger partial charge in [0.1, 0.15) is 5.75 Å². The molecule has 0 aromatic heterocycles. The quantitative estimate of drug-likeness (QED) is 0.335. The van der Waals surface area contributed by atoms with Crippen molar-refractivity contribution in [2.75, 3.05) is 39.0 Å². The Balaban J connectivity index is 0.00000432. The second-order valence-electron chi connectivity index (χ2n) is 8.41. The molecule has 0 saturated carbocycles. The van der Waals surface area contributed by atoms with Gasteiger partial charge in [-0.1, -0.05) is 35.3 Å². The Labute approximate surface area is 221 Å². The zero-order valence-electron chi connectivity index (χ0n) is 19.4. The molecule has 0 spiro atoms. The van der Waals surface area contributed by atoms with Gasteiger partial charge >= 0.3 is 6.09 Å². The first-order valence-electron chi connectivity index (χ1n) is 11.1. The van der Waals surface area contributed by atoms with Crippen molar-refractivity contribution in [3.05, 3.63) is 57.6 Å². The average molecular weight is 546 g/mol. The van der Waals surface area contributed by atoms with E-state index in [1.165, 1.54) is 13.2 Å². The lowest BCUT2D eigenvalue weighted by Gasteiger charge is -2.33. The number of hydrogen-bond donors (Lipinski definition) is 4. The Morgan fingerprint density at radius 1 is 1.20 bits per heavy atom. The number of nitrogens with zero attached hydrogens (tertiary/aromatic N) is 1. The van der Waals surface area contributed by atoms with Crippen molar-refractivity contribution < 1.29 is 19.4 Å². The molecule has 0 radical (unpaired) electrons. The number of anilines is 1. The number of halogens is 3. The van der Waals surface area contributed by atoms with E-state index in [1.54, 1.807) is 18.2 Å². The Hall–Kier alpha value is -2.39. The minimum absolute atomic E-state index is 0. The van der Waals surface area contributed by atoms with Gasteiger partial charge in [-0.05, 0) is 62.0 Å². The summed E-state index contributed by atoms with van der Waals surface area (Å²) in [6.45, 7) is 3.11. The van der Waals surface area contributed by atoms with Crippen molar-refractivity contribution >= 4 is 53.3 Å². The molecule has 1 heterocycles. The normalized spacial score (nSPS) is 15.1. The van der Waals surface area contributed by atoms with E-state index < -0.39 is 6.09 Å². The van der Waals surface area contributed by atoms with Crippen molar-refractivity contribution in [1.29, 1.82) is 0 Å². The second-order valence-corrected chi connectivity index (χ2v) is 9.25. The van der Waals surface area contributed by atoms with E-state index in [4.69, 9.17) is 33.7 Å². The van der Waals surface area contributed by atoms with E-state index in [-0.39, 0.29) is 24.4 Å². The predicted octanol–water partition coefficient (Wildman–Crippen LogP) is 4.85. The summed E-state index contributed by atoms with van der Waals surface area (Å²) in [5.74, 6) is 0.505. The Morgan fingerprint density at radius 3 is 2.46 bits per heavy atom. The van der Waals surface area contributed by atoms with Crippen molar-refractivity contribution in [2.45, 2.75) is 25.3 Å². The average Bonchev–Trinajstić information content (AvgIpc) is 2.82. The number of nitrogen functional groups attached to an aromatic ring is 1. The maximum atomic E-state index is 12.7. The number of likely N-dealkylation sites (tertiary alicyclic amines) is 1. The fourth-order valence-electron chi connectivity index (χ4n) is 4.14. The SMILES string of the molecule is COc1cc(N)c(Cl)cc1C(=O)NCC1CCN(CCC(NC(=O)O)c2ccc(Cl)cc2)CC1.Cl. The first-order chi connectivity index (χ1) is 16.3. The molecular weight excluding hydrogens is 515 g/mol. The summed E-state index contributed by atoms with van der Waals surface area (Å²) < 4.78 is 5.26. The lowest BCUT2D eigenvalue weighted by Crippen LogP contribution is -2.40. The molecule has 1 aliphatic rings. The molecule has 5 N–H and O–H groups in total. The summed E-state index contributed by atoms with van der Waals surface area (Å²) in [5, 5.41) is 15.7. The summed E-state index contributed by atoms with van der Waals surface area (Å²) in [6, 6.07) is 10.0. The minimum Gasteiger partial charge on any atom is -0.496 e. The molecule has 8 nitrogen and oxygen atoms in total. The highest BCUT2D eigenvalue weighted by atomic mass is 35.5. The lowest BCUT2D eigenvalue weighted by atomic mass is 9.96. The molecule has 2 aromatic carbocycles. The van der Waals surface area contributed by atoms with Crippen LogP contribution < -0.4 is 21.1 Å². The third kappa shape index (κ3) is 8.35. The number of amides is 2. The van der Waals surface area contributed by atoms with Crippen molar-refractivity contribution in [2.24, 2.45) is 5.92 Å². The van der Waals surface area contributed by atoms with Crippen LogP contribution in [0.15, 0.2) is 36.4 Å². The van der Waals surface area contributed by atoms with E-state index in [0.29, 0.717) is 45.9 Å². The summed E-state index contributed by atoms with van der Waals surface area (Å²) in [6.07, 6.45) is 1.50. The van der Waals surface area contributed by atoms with E-state index in [1.807, 2.05) is 12.1 Å². The van der Waals surface area contributed by atoms with Crippen LogP contribution >= 0.6 is 35.6 Å². The number of methoxy groups -OCH3 is 1. The molecule has 0 bridgehead atoms. The summed E-state index contributed by atoms with van der Waals surface area (Å²) >= 11 is 12.0. The number of nitrogens with one attached hydrogen (secondary N) is 2. The highest BCUT2D eigenvalue weighted by Gasteiger charge is 2.23. The van der Waals surface area contributed by atoms with Gasteiger partial charge in [0.15, 0.2) is 0 Å². The molecule has 1 fully saturated rings. The Kier molecular flexibility index (Phi) is 11.2. The smallest absolute Gasteiger partial charge is 0.405 e. The molecule has 1 atom stereocenters. The van der Waals surface area contributed by atoms with Gasteiger partial charge < -0.3 is 31.1 Å². The van der Waals surface area contributed by atoms with Crippen molar-refractivity contribution in [1.82, 2.24) is 15.5 Å². The van der Waals surface area contributed by atoms with E-state index in [0.717, 1.165) is 38.0 Å². The standard InChI is InChI=1S/C24H30Cl2N4O4.ClH/c1-34-22-13-20(27)19(26)12-18(22)23(31)28-14-15-6-9-30(10-7-15)11-8-21(29-24(32)33)16-2-4-17(25)5-3-16;/h2-5,12-13,15,21,29H,6-11,14,27H2,1H3,(H,28,31)(H,32,33);1H. The molecule has 1 aliphatic heterocycles. The van der Waals surface area contributed by atoms with Crippen LogP contribution in [0.4, 0.5) is 10.5 Å². The van der Waals surface area contributed by atoms with Gasteiger partial charge in [0.25, 0.3) is 5.91 Å². The predicted molar refractivity (Wildman–Crippen MR) is 141 cm³/mol. The molecule has 1 saturated heterocycles. The third-order valence-electron chi connectivity index (χ3n) is 6.13. The Morgan fingerprint density at radius 2 is 1.86 bits per heavy atom. The van der Waals surface area contributed by atoms with E-state index >= 15 is 0 Å². The first-order valence-corrected chi connectivity index (χ1v) is 11.9. The van der Waals surface area contributed by atoms with Gasteiger partial charge in [-0.3, -0.25) is 4.79 Å². The van der Waals surface area contributed by atoms with Crippen LogP contribution in [0, 0.1) is 5.92 Å². The van der Waals surface area contributed by atoms with E-state index in [2.05, 4.69) is 15.5 Å². The number of carbonyl (C=O) groups excluding carboxylic acids is 1. The van der Waals surface area contributed by atoms with Gasteiger partial charge in [-0.25, -0.2) is 4.79 Å². The molecule has 2 aromatic rings. The van der Waals surface area contributed by atoms with Gasteiger partial charge in [0.05, 0.1) is 29.4 Å². The van der Waals surface area contributed by atoms with Crippen LogP contribution in [0.3, 0.4) is 0 Å². The van der Waals surface area contributed by atoms with E-state index in [9.17, 15) is 14.7 Å². The summed E-state index contributed by atoms with van der Waals surface area (Å²) in [7, 11) is 1.48. The topological polar surface area (TPSA) is 117 Å². The molecule has 11 heteroatoms. The molecule has 3 rings (SSSR count). The monoisotopic (exact) mass is 544 g/mol. The van der Waals surface area contributed by atoms with Gasteiger partial charge in [-0.15, -0.1) is 12.4 Å². The third-order valence-corrected chi connectivity index (χ3v) is 6.71. The number of piperidine rings is 1. The van der Waals surface area contributed by atoms with Crippen molar-refractivity contribution in [3.8, 4) is 5.75 Å². The number of nitrogens with two attached hydrogens (primary N) is 1. The number of rotatable bonds is 9. The zero-order chi connectivity index (χ0) is 24.7. The fourth-order valence-corrected chi connectivity index (χ4v) is 4.43. The number of carbonyl (C=O) groups is 2. The first kappa shape index (κ1) is 28.8. The lowest BCUT2D eigenvalue weighted by molar-refractivity contribution is 0.0932. The highest BCUT2D eigenvalue weighted by Crippen LogP contribution is 2.29. The van der Waals surface area contributed by atoms with Crippen LogP contribution in [0.2, 0.25) is 10.0 Å². The summed E-state index contributed by atoms with van der Waals surface area (Å²) in [4.78, 5) is 26.2. The van der Waals surface area contributed by atoms with Crippen LogP contribution in [-0.4, -0.2) is 55.3 Å². The van der Waals surface area contributed by atoms with Crippen LogP contribution in [-0.2, 0) is 0 Å².